The molecule has 7 rings (SSSR count). The van der Waals surface area contributed by atoms with Crippen LogP contribution < -0.4 is 0 Å². The van der Waals surface area contributed by atoms with Gasteiger partial charge in [0.2, 0.25) is 5.78 Å². The highest BCUT2D eigenvalue weighted by molar-refractivity contribution is 6.14. The molecular weight excluding hydrogens is 492 g/mol. The molecule has 6 aromatic rings. The molecule has 5 heterocycles. The Morgan fingerprint density at radius 2 is 1.72 bits per heavy atom. The summed E-state index contributed by atoms with van der Waals surface area (Å²) in [4.78, 5) is 31.2. The molecule has 1 aliphatic carbocycles. The third-order valence-corrected chi connectivity index (χ3v) is 7.59. The van der Waals surface area contributed by atoms with Gasteiger partial charge in [0.1, 0.15) is 35.2 Å². The van der Waals surface area contributed by atoms with Crippen molar-refractivity contribution in [1.82, 2.24) is 39.7 Å². The van der Waals surface area contributed by atoms with Crippen LogP contribution in [0.25, 0.3) is 27.6 Å². The smallest absolute Gasteiger partial charge is 0.212 e. The largest absolute Gasteiger partial charge is 0.384 e. The van der Waals surface area contributed by atoms with E-state index in [1.165, 1.54) is 19.2 Å². The SMILES string of the molecule is COCC1CCC(c2nnn3cnc4[nH]ccc4c23)CC1.Cc1ccccc1C(=O)c1ncnc2[nH]ccc12. The van der Waals surface area contributed by atoms with Crippen molar-refractivity contribution in [2.75, 3.05) is 13.7 Å². The molecule has 10 nitrogen and oxygen atoms in total. The average molecular weight is 523 g/mol. The van der Waals surface area contributed by atoms with E-state index < -0.39 is 0 Å². The van der Waals surface area contributed by atoms with Crippen molar-refractivity contribution in [3.8, 4) is 0 Å². The van der Waals surface area contributed by atoms with Gasteiger partial charge >= 0.3 is 0 Å². The van der Waals surface area contributed by atoms with Crippen LogP contribution >= 0.6 is 0 Å². The summed E-state index contributed by atoms with van der Waals surface area (Å²) < 4.78 is 7.08. The second-order valence-electron chi connectivity index (χ2n) is 10.0. The van der Waals surface area contributed by atoms with Crippen molar-refractivity contribution in [1.29, 1.82) is 0 Å². The monoisotopic (exact) mass is 522 g/mol. The molecule has 1 aromatic carbocycles. The first-order valence-corrected chi connectivity index (χ1v) is 13.2. The average Bonchev–Trinajstić information content (AvgIpc) is 3.73. The molecule has 10 heteroatoms. The molecule has 0 aliphatic heterocycles. The summed E-state index contributed by atoms with van der Waals surface area (Å²) in [6, 6.07) is 11.4. The second-order valence-corrected chi connectivity index (χ2v) is 10.0. The molecule has 1 fully saturated rings. The van der Waals surface area contributed by atoms with Crippen LogP contribution in [0, 0.1) is 12.8 Å². The number of aromatic nitrogens is 8. The van der Waals surface area contributed by atoms with E-state index in [0.717, 1.165) is 52.6 Å². The molecule has 0 unspecified atom stereocenters. The van der Waals surface area contributed by atoms with Crippen LogP contribution in [0.1, 0.15) is 58.9 Å². The first-order valence-electron chi connectivity index (χ1n) is 13.2. The number of fused-ring (bicyclic) bond motifs is 4. The van der Waals surface area contributed by atoms with Crippen LogP contribution in [0.15, 0.2) is 61.4 Å². The molecule has 1 saturated carbocycles. The van der Waals surface area contributed by atoms with Crippen LogP contribution in [-0.2, 0) is 4.74 Å². The number of methoxy groups -OCH3 is 1. The molecule has 1 aliphatic rings. The third kappa shape index (κ3) is 4.79. The number of ether oxygens (including phenoxy) is 1. The topological polar surface area (TPSA) is 127 Å². The predicted octanol–water partition coefficient (Wildman–Crippen LogP) is 5.02. The zero-order valence-electron chi connectivity index (χ0n) is 22.0. The first kappa shape index (κ1) is 24.9. The number of H-pyrrole nitrogens is 2. The molecule has 0 spiro atoms. The minimum atomic E-state index is -0.0694. The van der Waals surface area contributed by atoms with Gasteiger partial charge in [-0.3, -0.25) is 4.79 Å². The van der Waals surface area contributed by atoms with Crippen molar-refractivity contribution in [3.63, 3.8) is 0 Å². The number of hydrogen-bond acceptors (Lipinski definition) is 7. The van der Waals surface area contributed by atoms with E-state index >= 15 is 0 Å². The number of ketones is 1. The maximum Gasteiger partial charge on any atom is 0.212 e. The van der Waals surface area contributed by atoms with Gasteiger partial charge in [-0.1, -0.05) is 29.5 Å². The lowest BCUT2D eigenvalue weighted by molar-refractivity contribution is 0.103. The molecule has 0 amide bonds. The fourth-order valence-electron chi connectivity index (χ4n) is 5.54. The van der Waals surface area contributed by atoms with E-state index in [-0.39, 0.29) is 5.78 Å². The molecule has 0 saturated heterocycles. The van der Waals surface area contributed by atoms with Crippen molar-refractivity contribution in [2.45, 2.75) is 38.5 Å². The Balaban J connectivity index is 0.000000144. The zero-order chi connectivity index (χ0) is 26.8. The van der Waals surface area contributed by atoms with E-state index in [1.807, 2.05) is 43.5 Å². The molecule has 0 radical (unpaired) electrons. The highest BCUT2D eigenvalue weighted by Crippen LogP contribution is 2.37. The van der Waals surface area contributed by atoms with Crippen LogP contribution in [0.4, 0.5) is 0 Å². The Kier molecular flexibility index (Phi) is 6.85. The lowest BCUT2D eigenvalue weighted by atomic mass is 9.80. The van der Waals surface area contributed by atoms with E-state index in [1.54, 1.807) is 24.1 Å². The normalized spacial score (nSPS) is 17.4. The fraction of sp³-hybridized carbons (Fsp3) is 0.310. The van der Waals surface area contributed by atoms with Gasteiger partial charge in [-0.2, -0.15) is 0 Å². The van der Waals surface area contributed by atoms with E-state index in [9.17, 15) is 4.79 Å². The Labute approximate surface area is 224 Å². The lowest BCUT2D eigenvalue weighted by Crippen LogP contribution is -2.17. The molecular formula is C29H30N8O2. The molecule has 0 atom stereocenters. The van der Waals surface area contributed by atoms with Crippen molar-refractivity contribution in [2.24, 2.45) is 5.92 Å². The minimum Gasteiger partial charge on any atom is -0.384 e. The van der Waals surface area contributed by atoms with Gasteiger partial charge in [-0.25, -0.2) is 19.5 Å². The Morgan fingerprint density at radius 1 is 0.974 bits per heavy atom. The summed E-state index contributed by atoms with van der Waals surface area (Å²) in [7, 11) is 1.79. The molecule has 198 valence electrons. The van der Waals surface area contributed by atoms with Gasteiger partial charge in [0, 0.05) is 48.4 Å². The summed E-state index contributed by atoms with van der Waals surface area (Å²) in [5.41, 5.74) is 5.88. The van der Waals surface area contributed by atoms with Gasteiger partial charge in [0.05, 0.1) is 5.69 Å². The molecule has 0 bridgehead atoms. The maximum atomic E-state index is 12.5. The quantitative estimate of drug-likeness (QED) is 0.304. The molecule has 39 heavy (non-hydrogen) atoms. The van der Waals surface area contributed by atoms with Gasteiger partial charge in [0.25, 0.3) is 0 Å². The van der Waals surface area contributed by atoms with Crippen molar-refractivity contribution < 1.29 is 9.53 Å². The third-order valence-electron chi connectivity index (χ3n) is 7.59. The van der Waals surface area contributed by atoms with E-state index in [0.29, 0.717) is 28.7 Å². The number of hydrogen-bond donors (Lipinski definition) is 2. The number of benzene rings is 1. The fourth-order valence-corrected chi connectivity index (χ4v) is 5.54. The Hall–Kier alpha value is -4.44. The number of rotatable bonds is 5. The number of carbonyl (C=O) groups excluding carboxylic acids is 1. The van der Waals surface area contributed by atoms with Crippen LogP contribution in [0.3, 0.4) is 0 Å². The highest BCUT2D eigenvalue weighted by atomic mass is 16.5. The first-order chi connectivity index (χ1) is 19.1. The molecule has 5 aromatic heterocycles. The number of aromatic amines is 2. The van der Waals surface area contributed by atoms with Crippen molar-refractivity contribution >= 4 is 33.4 Å². The Morgan fingerprint density at radius 3 is 2.49 bits per heavy atom. The van der Waals surface area contributed by atoms with Gasteiger partial charge in [-0.05, 0) is 56.2 Å². The Bertz CT molecular complexity index is 1740. The summed E-state index contributed by atoms with van der Waals surface area (Å²) in [5, 5.41) is 10.6. The number of nitrogens with zero attached hydrogens (tertiary/aromatic N) is 6. The van der Waals surface area contributed by atoms with Crippen molar-refractivity contribution in [3.05, 3.63) is 84.0 Å². The van der Waals surface area contributed by atoms with E-state index in [2.05, 4.69) is 41.3 Å². The van der Waals surface area contributed by atoms with Crippen LogP contribution in [0.2, 0.25) is 0 Å². The minimum absolute atomic E-state index is 0.0694. The number of carbonyl (C=O) groups is 1. The second kappa shape index (κ2) is 10.7. The predicted molar refractivity (Wildman–Crippen MR) is 148 cm³/mol. The van der Waals surface area contributed by atoms with Gasteiger partial charge in [-0.15, -0.1) is 5.10 Å². The van der Waals surface area contributed by atoms with Gasteiger partial charge in [0.15, 0.2) is 0 Å². The number of aryl methyl sites for hydroxylation is 1. The zero-order valence-corrected chi connectivity index (χ0v) is 22.0. The maximum absolute atomic E-state index is 12.5. The van der Waals surface area contributed by atoms with Gasteiger partial charge < -0.3 is 14.7 Å². The summed E-state index contributed by atoms with van der Waals surface area (Å²) in [6.07, 6.45) is 11.6. The highest BCUT2D eigenvalue weighted by Gasteiger charge is 2.26. The summed E-state index contributed by atoms with van der Waals surface area (Å²) in [5.74, 6) is 1.12. The molecule has 2 N–H and O–H groups in total. The lowest BCUT2D eigenvalue weighted by Gasteiger charge is -2.26. The summed E-state index contributed by atoms with van der Waals surface area (Å²) >= 11 is 0. The number of nitrogens with one attached hydrogen (secondary N) is 2. The van der Waals surface area contributed by atoms with Crippen LogP contribution in [-0.4, -0.2) is 59.2 Å². The van der Waals surface area contributed by atoms with E-state index in [4.69, 9.17) is 4.74 Å². The summed E-state index contributed by atoms with van der Waals surface area (Å²) in [6.45, 7) is 2.80. The standard InChI is InChI=1S/C15H19N5O.C14H11N3O/c1-21-8-10-2-4-11(5-3-10)13-14-12-6-7-16-15(12)17-9-20(14)19-18-13;1-9-4-2-3-5-10(9)13(18)12-11-6-7-15-14(11)17-8-16-12/h6-7,9-11,16H,2-5,8H2,1H3;2-8H,1H3,(H,15,16,17). The van der Waals surface area contributed by atoms with Crippen LogP contribution in [0.5, 0.6) is 0 Å².